The maximum atomic E-state index is 4.48. The van der Waals surface area contributed by atoms with E-state index in [-0.39, 0.29) is 0 Å². The van der Waals surface area contributed by atoms with Crippen molar-refractivity contribution in [1.29, 1.82) is 0 Å². The second kappa shape index (κ2) is 5.49. The largest absolute Gasteiger partial charge is 0.313 e. The first-order valence-electron chi connectivity index (χ1n) is 6.48. The highest BCUT2D eigenvalue weighted by molar-refractivity contribution is 9.10. The Hall–Kier alpha value is -0.410. The smallest absolute Gasteiger partial charge is 0.0420 e. The minimum Gasteiger partial charge on any atom is -0.313 e. The highest BCUT2D eigenvalue weighted by Gasteiger charge is 2.44. The topological polar surface area (TPSA) is 24.9 Å². The van der Waals surface area contributed by atoms with E-state index in [1.54, 1.807) is 0 Å². The van der Waals surface area contributed by atoms with Crippen LogP contribution in [0.3, 0.4) is 0 Å². The Labute approximate surface area is 112 Å². The van der Waals surface area contributed by atoms with Gasteiger partial charge in [0.05, 0.1) is 0 Å². The Morgan fingerprint density at radius 1 is 1.47 bits per heavy atom. The fourth-order valence-electron chi connectivity index (χ4n) is 2.17. The van der Waals surface area contributed by atoms with Crippen LogP contribution in [0.2, 0.25) is 0 Å². The predicted molar refractivity (Wildman–Crippen MR) is 75.1 cm³/mol. The van der Waals surface area contributed by atoms with Crippen molar-refractivity contribution < 1.29 is 0 Å². The standard InChI is InChI=1S/C14H21BrN2/c1-3-8-16-13(14(2)6-7-14)9-12-5-4-11(15)10-17-12/h4-5,10,13,16H,3,6-9H2,1-2H3. The zero-order valence-corrected chi connectivity index (χ0v) is 12.3. The molecule has 3 heteroatoms. The van der Waals surface area contributed by atoms with Gasteiger partial charge in [-0.15, -0.1) is 0 Å². The summed E-state index contributed by atoms with van der Waals surface area (Å²) >= 11 is 3.43. The molecule has 0 saturated heterocycles. The first-order valence-corrected chi connectivity index (χ1v) is 7.27. The van der Waals surface area contributed by atoms with Crippen molar-refractivity contribution in [2.75, 3.05) is 6.54 Å². The fourth-order valence-corrected chi connectivity index (χ4v) is 2.40. The summed E-state index contributed by atoms with van der Waals surface area (Å²) in [7, 11) is 0. The van der Waals surface area contributed by atoms with Crippen molar-refractivity contribution in [1.82, 2.24) is 10.3 Å². The van der Waals surface area contributed by atoms with Crippen molar-refractivity contribution in [3.05, 3.63) is 28.5 Å². The Morgan fingerprint density at radius 2 is 2.24 bits per heavy atom. The first-order chi connectivity index (χ1) is 8.14. The summed E-state index contributed by atoms with van der Waals surface area (Å²) in [6.45, 7) is 5.72. The quantitative estimate of drug-likeness (QED) is 0.868. The summed E-state index contributed by atoms with van der Waals surface area (Å²) in [5.41, 5.74) is 1.69. The molecule has 1 heterocycles. The molecule has 0 aromatic carbocycles. The zero-order chi connectivity index (χ0) is 12.3. The van der Waals surface area contributed by atoms with Gasteiger partial charge in [-0.05, 0) is 59.3 Å². The van der Waals surface area contributed by atoms with Gasteiger partial charge in [-0.25, -0.2) is 0 Å². The average Bonchev–Trinajstić information content (AvgIpc) is 3.06. The Morgan fingerprint density at radius 3 is 2.76 bits per heavy atom. The lowest BCUT2D eigenvalue weighted by atomic mass is 9.94. The van der Waals surface area contributed by atoms with E-state index in [1.165, 1.54) is 25.0 Å². The number of pyridine rings is 1. The van der Waals surface area contributed by atoms with Gasteiger partial charge in [0.2, 0.25) is 0 Å². The Kier molecular flexibility index (Phi) is 4.21. The van der Waals surface area contributed by atoms with Gasteiger partial charge in [0, 0.05) is 28.8 Å². The first kappa shape index (κ1) is 13.0. The molecule has 1 aliphatic carbocycles. The molecule has 0 aliphatic heterocycles. The van der Waals surface area contributed by atoms with Crippen molar-refractivity contribution in [2.24, 2.45) is 5.41 Å². The molecular formula is C14H21BrN2. The molecule has 1 fully saturated rings. The molecule has 1 N–H and O–H groups in total. The Balaban J connectivity index is 1.99. The molecule has 0 spiro atoms. The van der Waals surface area contributed by atoms with Crippen LogP contribution < -0.4 is 5.32 Å². The summed E-state index contributed by atoms with van der Waals surface area (Å²) in [4.78, 5) is 4.48. The molecular weight excluding hydrogens is 276 g/mol. The molecule has 0 radical (unpaired) electrons. The molecule has 2 nitrogen and oxygen atoms in total. The third-order valence-corrected chi connectivity index (χ3v) is 4.19. The summed E-state index contributed by atoms with van der Waals surface area (Å²) in [6.07, 6.45) is 6.83. The molecule has 94 valence electrons. The summed E-state index contributed by atoms with van der Waals surface area (Å²) < 4.78 is 1.05. The van der Waals surface area contributed by atoms with Gasteiger partial charge in [-0.1, -0.05) is 13.8 Å². The number of nitrogens with one attached hydrogen (secondary N) is 1. The van der Waals surface area contributed by atoms with Gasteiger partial charge >= 0.3 is 0 Å². The number of aromatic nitrogens is 1. The van der Waals surface area contributed by atoms with Crippen molar-refractivity contribution in [3.8, 4) is 0 Å². The molecule has 1 aromatic heterocycles. The third-order valence-electron chi connectivity index (χ3n) is 3.72. The number of halogens is 1. The van der Waals surface area contributed by atoms with Crippen LogP contribution in [-0.2, 0) is 6.42 Å². The van der Waals surface area contributed by atoms with Gasteiger partial charge in [0.25, 0.3) is 0 Å². The fraction of sp³-hybridized carbons (Fsp3) is 0.643. The normalized spacial score (nSPS) is 19.0. The van der Waals surface area contributed by atoms with Crippen LogP contribution >= 0.6 is 15.9 Å². The molecule has 17 heavy (non-hydrogen) atoms. The molecule has 1 aromatic rings. The van der Waals surface area contributed by atoms with Gasteiger partial charge in [-0.2, -0.15) is 0 Å². The lowest BCUT2D eigenvalue weighted by Crippen LogP contribution is -2.38. The SMILES string of the molecule is CCCNC(Cc1ccc(Br)cn1)C1(C)CC1. The maximum absolute atomic E-state index is 4.48. The van der Waals surface area contributed by atoms with E-state index in [4.69, 9.17) is 0 Å². The lowest BCUT2D eigenvalue weighted by Gasteiger charge is -2.24. The summed E-state index contributed by atoms with van der Waals surface area (Å²) in [6, 6.07) is 4.78. The second-order valence-electron chi connectivity index (χ2n) is 5.33. The van der Waals surface area contributed by atoms with Crippen LogP contribution in [0.25, 0.3) is 0 Å². The zero-order valence-electron chi connectivity index (χ0n) is 10.7. The minimum atomic E-state index is 0.504. The highest BCUT2D eigenvalue weighted by Crippen LogP contribution is 2.48. The molecule has 1 saturated carbocycles. The highest BCUT2D eigenvalue weighted by atomic mass is 79.9. The van der Waals surface area contributed by atoms with E-state index in [0.717, 1.165) is 17.4 Å². The van der Waals surface area contributed by atoms with Crippen LogP contribution in [0.15, 0.2) is 22.8 Å². The summed E-state index contributed by atoms with van der Waals surface area (Å²) in [5, 5.41) is 3.68. The van der Waals surface area contributed by atoms with Crippen LogP contribution in [0.1, 0.15) is 38.8 Å². The van der Waals surface area contributed by atoms with Gasteiger partial charge in [-0.3, -0.25) is 4.98 Å². The summed E-state index contributed by atoms with van der Waals surface area (Å²) in [5.74, 6) is 0. The minimum absolute atomic E-state index is 0.504. The van der Waals surface area contributed by atoms with Crippen molar-refractivity contribution in [2.45, 2.75) is 45.6 Å². The van der Waals surface area contributed by atoms with Crippen molar-refractivity contribution in [3.63, 3.8) is 0 Å². The average molecular weight is 297 g/mol. The lowest BCUT2D eigenvalue weighted by molar-refractivity contribution is 0.352. The molecule has 0 amide bonds. The van der Waals surface area contributed by atoms with Crippen LogP contribution in [-0.4, -0.2) is 17.6 Å². The van der Waals surface area contributed by atoms with Crippen LogP contribution in [0, 0.1) is 5.41 Å². The third kappa shape index (κ3) is 3.52. The number of nitrogens with zero attached hydrogens (tertiary/aromatic N) is 1. The van der Waals surface area contributed by atoms with E-state index in [9.17, 15) is 0 Å². The van der Waals surface area contributed by atoms with Gasteiger partial charge in [0.15, 0.2) is 0 Å². The molecule has 1 atom stereocenters. The van der Waals surface area contributed by atoms with Gasteiger partial charge in [0.1, 0.15) is 0 Å². The van der Waals surface area contributed by atoms with Crippen LogP contribution in [0.5, 0.6) is 0 Å². The maximum Gasteiger partial charge on any atom is 0.0420 e. The van der Waals surface area contributed by atoms with Crippen molar-refractivity contribution >= 4 is 15.9 Å². The molecule has 2 rings (SSSR count). The number of rotatable bonds is 6. The molecule has 1 aliphatic rings. The molecule has 1 unspecified atom stereocenters. The number of hydrogen-bond acceptors (Lipinski definition) is 2. The van der Waals surface area contributed by atoms with E-state index < -0.39 is 0 Å². The Bertz CT molecular complexity index is 357. The van der Waals surface area contributed by atoms with Gasteiger partial charge < -0.3 is 5.32 Å². The number of hydrogen-bond donors (Lipinski definition) is 1. The van der Waals surface area contributed by atoms with E-state index in [1.807, 2.05) is 6.20 Å². The van der Waals surface area contributed by atoms with E-state index in [2.05, 4.69) is 52.2 Å². The van der Waals surface area contributed by atoms with Crippen LogP contribution in [0.4, 0.5) is 0 Å². The van der Waals surface area contributed by atoms with E-state index in [0.29, 0.717) is 11.5 Å². The van der Waals surface area contributed by atoms with E-state index >= 15 is 0 Å². The monoisotopic (exact) mass is 296 g/mol. The second-order valence-corrected chi connectivity index (χ2v) is 6.25. The predicted octanol–water partition coefficient (Wildman–Crippen LogP) is 3.55. The molecule has 0 bridgehead atoms.